The summed E-state index contributed by atoms with van der Waals surface area (Å²) < 4.78 is 0. The monoisotopic (exact) mass is 828 g/mol. The molecule has 0 aromatic heterocycles. The van der Waals surface area contributed by atoms with Crippen LogP contribution < -0.4 is 0 Å². The molecular weight excluding hydrogens is 781 g/mol. The first-order chi connectivity index (χ1) is 32.4. The van der Waals surface area contributed by atoms with E-state index in [1.807, 2.05) is 0 Å². The van der Waals surface area contributed by atoms with Crippen molar-refractivity contribution in [3.05, 3.63) is 0 Å². The Kier molecular flexibility index (Phi) is 1.41. The molecule has 42 aliphatic carbocycles. The maximum atomic E-state index is 1.77. The lowest BCUT2D eigenvalue weighted by Gasteiger charge is -3.67. The van der Waals surface area contributed by atoms with Gasteiger partial charge in [-0.15, -0.1) is 0 Å². The molecule has 0 N–H and O–H groups in total. The minimum Gasteiger partial charge on any atom is -0.0533 e. The van der Waals surface area contributed by atoms with E-state index in [0.717, 1.165) is 146 Å². The molecule has 42 saturated carbocycles. The van der Waals surface area contributed by atoms with Crippen molar-refractivity contribution < 1.29 is 0 Å². The first-order valence-corrected chi connectivity index (χ1v) is 32.4. The minimum atomic E-state index is 1.08. The van der Waals surface area contributed by atoms with Gasteiger partial charge in [0.2, 0.25) is 0 Å². The highest BCUT2D eigenvalue weighted by molar-refractivity contribution is 6.14. The molecule has 308 valence electrons. The van der Waals surface area contributed by atoms with E-state index in [2.05, 4.69) is 0 Å². The molecule has 0 aliphatic heterocycles. The molecule has 0 amide bonds. The van der Waals surface area contributed by atoms with Crippen molar-refractivity contribution in [2.75, 3.05) is 0 Å². The smallest absolute Gasteiger partial charge is 0.000715 e. The van der Waals surface area contributed by atoms with Gasteiger partial charge in [0, 0.05) is 0 Å². The average Bonchev–Trinajstić information content (AvgIpc) is 3.18. The van der Waals surface area contributed by atoms with E-state index >= 15 is 0 Å². The summed E-state index contributed by atoms with van der Waals surface area (Å²) in [6.07, 6.45) is 17.2. The van der Waals surface area contributed by atoms with E-state index in [1.165, 1.54) is 166 Å². The maximum Gasteiger partial charge on any atom is -0.000715 e. The Balaban J connectivity index is 0.698. The van der Waals surface area contributed by atoms with Gasteiger partial charge in [-0.3, -0.25) is 0 Å². The van der Waals surface area contributed by atoms with E-state index in [0.29, 0.717) is 0 Å². The van der Waals surface area contributed by atoms with Gasteiger partial charge >= 0.3 is 0 Å². The maximum absolute atomic E-state index is 1.77. The minimum absolute atomic E-state index is 1.08. The fourth-order valence-corrected chi connectivity index (χ4v) is 66.1. The van der Waals surface area contributed by atoms with Crippen molar-refractivity contribution in [1.29, 1.82) is 0 Å². The van der Waals surface area contributed by atoms with Gasteiger partial charge in [0.1, 0.15) is 0 Å². The van der Waals surface area contributed by atoms with E-state index < -0.39 is 0 Å². The summed E-state index contributed by atoms with van der Waals surface area (Å²) in [5.74, 6) is 38.8. The molecule has 27 spiro atoms. The molecule has 42 rings (SSSR count). The normalized spacial score (nSPS) is 130. The second-order valence-electron chi connectivity index (χ2n) is 40.2. The fourth-order valence-electron chi connectivity index (χ4n) is 66.1. The summed E-state index contributed by atoms with van der Waals surface area (Å²) in [4.78, 5) is 0. The Morgan fingerprint density at radius 1 is 0.154 bits per heavy atom. The van der Waals surface area contributed by atoms with Crippen molar-refractivity contribution in [3.8, 4) is 0 Å². The van der Waals surface area contributed by atoms with E-state index in [1.54, 1.807) is 64.2 Å². The van der Waals surface area contributed by atoms with Gasteiger partial charge in [0.05, 0.1) is 0 Å². The van der Waals surface area contributed by atoms with Gasteiger partial charge in [-0.25, -0.2) is 0 Å². The van der Waals surface area contributed by atoms with Crippen LogP contribution in [0.5, 0.6) is 0 Å². The van der Waals surface area contributed by atoms with Gasteiger partial charge in [0.15, 0.2) is 0 Å². The van der Waals surface area contributed by atoms with Crippen molar-refractivity contribution in [2.45, 2.75) is 64.2 Å². The van der Waals surface area contributed by atoms with Crippen LogP contribution in [-0.4, -0.2) is 0 Å². The van der Waals surface area contributed by atoms with Gasteiger partial charge < -0.3 is 0 Å². The molecule has 42 fully saturated rings. The van der Waals surface area contributed by atoms with Crippen LogP contribution in [0.4, 0.5) is 0 Å². The van der Waals surface area contributed by atoms with E-state index in [4.69, 9.17) is 0 Å². The summed E-state index contributed by atoms with van der Waals surface area (Å²) in [7, 11) is 0. The second kappa shape index (κ2) is 3.88. The Hall–Kier alpha value is 0. The standard InChI is InChI=1S/C65H48/c1-3-7-11-15-23-16-12(8-4-1)20-26-30-34-38-36-32-28-22-14-10-6-2-5-9-13-17-24-18(14)42(22)44(24)41(17)21(13)27-31-35-37-33-29-25-19(11)39(15)43(23)40(16,20)46(26)50(30)54(34)58(38)56(36)52(32)48(28,42)60(44)47(27,41)51(31)55(35)57(37)53(33)49(29)45(25,39)59(43,46)61(49,50)63(53,54)65(57,58)64(55,56)62(51,52)60/h11-38H,1-10H2. The van der Waals surface area contributed by atoms with E-state index in [9.17, 15) is 0 Å². The Labute approximate surface area is 374 Å². The van der Waals surface area contributed by atoms with Crippen LogP contribution in [0.2, 0.25) is 0 Å². The molecule has 0 nitrogen and oxygen atoms in total. The third-order valence-electron chi connectivity index (χ3n) is 52.3. The third kappa shape index (κ3) is 0.582. The third-order valence-corrected chi connectivity index (χ3v) is 52.3. The number of hydrogen-bond acceptors (Lipinski definition) is 0. The Bertz CT molecular complexity index is 3610. The molecule has 40 atom stereocenters. The molecule has 0 aromatic rings. The second-order valence-corrected chi connectivity index (χ2v) is 40.2. The first-order valence-electron chi connectivity index (χ1n) is 32.4. The molecular formula is C65H48. The van der Waals surface area contributed by atoms with E-state index in [-0.39, 0.29) is 0 Å². The lowest BCUT2D eigenvalue weighted by molar-refractivity contribution is -1.23. The van der Waals surface area contributed by atoms with Crippen LogP contribution in [-0.2, 0) is 0 Å². The lowest BCUT2D eigenvalue weighted by Crippen LogP contribution is -3.66. The number of hydrogen-bond donors (Lipinski definition) is 0. The highest BCUT2D eigenvalue weighted by Crippen LogP contribution is 3.71. The molecule has 0 aromatic carbocycles. The van der Waals surface area contributed by atoms with Crippen LogP contribution in [0.1, 0.15) is 64.2 Å². The van der Waals surface area contributed by atoms with Crippen LogP contribution in [0.15, 0.2) is 0 Å². The zero-order valence-corrected chi connectivity index (χ0v) is 36.7. The van der Waals surface area contributed by atoms with Gasteiger partial charge in [-0.05, 0) is 338 Å². The molecule has 0 bridgehead atoms. The summed E-state index contributed by atoms with van der Waals surface area (Å²) >= 11 is 0. The van der Waals surface area contributed by atoms with Crippen LogP contribution >= 0.6 is 0 Å². The highest BCUT2D eigenvalue weighted by atomic mass is 15.7. The summed E-state index contributed by atoms with van der Waals surface area (Å²) in [6, 6.07) is 0. The fraction of sp³-hybridized carbons (Fsp3) is 1.00. The number of fused-ring (bicyclic) bond motifs is 20. The van der Waals surface area contributed by atoms with Gasteiger partial charge in [-0.1, -0.05) is 38.5 Å². The predicted molar refractivity (Wildman–Crippen MR) is 210 cm³/mol. The molecule has 0 saturated heterocycles. The average molecular weight is 829 g/mol. The Morgan fingerprint density at radius 3 is 0.585 bits per heavy atom. The van der Waals surface area contributed by atoms with Crippen LogP contribution in [0, 0.1) is 312 Å². The zero-order valence-electron chi connectivity index (χ0n) is 36.7. The topological polar surface area (TPSA) is 0 Å². The Morgan fingerprint density at radius 2 is 0.338 bits per heavy atom. The molecule has 42 aliphatic rings. The summed E-state index contributed by atoms with van der Waals surface area (Å²) in [5.41, 5.74) is 30.1. The molecule has 0 radical (unpaired) electrons. The predicted octanol–water partition coefficient (Wildman–Crippen LogP) is 7.35. The number of rotatable bonds is 0. The van der Waals surface area contributed by atoms with Crippen LogP contribution in [0.25, 0.3) is 0 Å². The lowest BCUT2D eigenvalue weighted by atomic mass is 8.35. The SMILES string of the molecule is C1CCC2C3C4C5C(CC1)C1C6C7C8C9C%10C%11C%12C%13C%14CCCCCC%15C%16C%17C%14C%13%14C%17%13C%16%17C%15C%15C%16C%18C%19C%20C%21C%22C2C32C43C51C61C74C85C96C%107C%118C%12%14C%139C%15%17C%16%10C%18%11C%19%12C%20%13C%21%14C%222C31C%144C%135C%126C%117C%1089. The van der Waals surface area contributed by atoms with Crippen molar-refractivity contribution in [2.24, 2.45) is 312 Å². The molecule has 0 heterocycles. The molecule has 0 heteroatoms. The van der Waals surface area contributed by atoms with Crippen molar-refractivity contribution >= 4 is 0 Å². The molecule has 40 unspecified atom stereocenters. The molecule has 65 heavy (non-hydrogen) atoms. The van der Waals surface area contributed by atoms with Crippen molar-refractivity contribution in [3.63, 3.8) is 0 Å². The highest BCUT2D eigenvalue weighted by Gasteiger charge is 3.70. The van der Waals surface area contributed by atoms with Crippen LogP contribution in [0.3, 0.4) is 0 Å². The largest absolute Gasteiger partial charge is 0.0533 e. The van der Waals surface area contributed by atoms with Gasteiger partial charge in [-0.2, -0.15) is 0 Å². The zero-order chi connectivity index (χ0) is 36.7. The van der Waals surface area contributed by atoms with Gasteiger partial charge in [0.25, 0.3) is 0 Å². The first kappa shape index (κ1) is 23.7. The summed E-state index contributed by atoms with van der Waals surface area (Å²) in [6.45, 7) is 0. The quantitative estimate of drug-likeness (QED) is 0.240. The van der Waals surface area contributed by atoms with Crippen molar-refractivity contribution in [1.82, 2.24) is 0 Å². The summed E-state index contributed by atoms with van der Waals surface area (Å²) in [5, 5.41) is 0.